The maximum atomic E-state index is 5.69. The lowest BCUT2D eigenvalue weighted by molar-refractivity contribution is 0.371. The average molecular weight is 248 g/mol. The molecule has 0 radical (unpaired) electrons. The van der Waals surface area contributed by atoms with E-state index in [1.807, 2.05) is 12.3 Å². The number of nitrogens with zero attached hydrogens (tertiary/aromatic N) is 3. The summed E-state index contributed by atoms with van der Waals surface area (Å²) in [6.45, 7) is 2.90. The minimum Gasteiger partial charge on any atom is -0.352 e. The molecule has 2 heterocycles. The second kappa shape index (κ2) is 6.16. The fraction of sp³-hybridized carbons (Fsp3) is 0.643. The van der Waals surface area contributed by atoms with Gasteiger partial charge in [-0.25, -0.2) is 4.98 Å². The molecule has 1 aliphatic rings. The lowest BCUT2D eigenvalue weighted by Gasteiger charge is -2.29. The minimum atomic E-state index is 0.589. The molecule has 2 N–H and O–H groups in total. The Labute approximate surface area is 110 Å². The van der Waals surface area contributed by atoms with Gasteiger partial charge in [0.1, 0.15) is 5.82 Å². The first-order chi connectivity index (χ1) is 8.72. The highest BCUT2D eigenvalue weighted by molar-refractivity contribution is 5.49. The highest BCUT2D eigenvalue weighted by Gasteiger charge is 2.27. The second-order valence-corrected chi connectivity index (χ2v) is 5.28. The van der Waals surface area contributed by atoms with Gasteiger partial charge in [0.15, 0.2) is 0 Å². The summed E-state index contributed by atoms with van der Waals surface area (Å²) in [7, 11) is 4.27. The van der Waals surface area contributed by atoms with Crippen LogP contribution in [-0.2, 0) is 6.42 Å². The van der Waals surface area contributed by atoms with E-state index in [1.165, 1.54) is 18.4 Å². The number of anilines is 1. The van der Waals surface area contributed by atoms with Gasteiger partial charge in [-0.3, -0.25) is 0 Å². The van der Waals surface area contributed by atoms with E-state index in [2.05, 4.69) is 34.9 Å². The van der Waals surface area contributed by atoms with Gasteiger partial charge in [-0.2, -0.15) is 0 Å². The largest absolute Gasteiger partial charge is 0.352 e. The maximum Gasteiger partial charge on any atom is 0.132 e. The minimum absolute atomic E-state index is 0.589. The predicted molar refractivity (Wildman–Crippen MR) is 75.9 cm³/mol. The summed E-state index contributed by atoms with van der Waals surface area (Å²) in [4.78, 5) is 9.31. The van der Waals surface area contributed by atoms with E-state index in [9.17, 15) is 0 Å². The first-order valence-electron chi connectivity index (χ1n) is 6.77. The lowest BCUT2D eigenvalue weighted by Crippen LogP contribution is -2.38. The number of nitrogens with two attached hydrogens (primary N) is 1. The molecule has 18 heavy (non-hydrogen) atoms. The summed E-state index contributed by atoms with van der Waals surface area (Å²) in [5.41, 5.74) is 6.97. The van der Waals surface area contributed by atoms with Crippen LogP contribution in [0.3, 0.4) is 0 Å². The second-order valence-electron chi connectivity index (χ2n) is 5.28. The van der Waals surface area contributed by atoms with E-state index >= 15 is 0 Å². The normalized spacial score (nSPS) is 19.8. The molecule has 100 valence electrons. The Kier molecular flexibility index (Phi) is 4.55. The van der Waals surface area contributed by atoms with E-state index in [0.29, 0.717) is 12.6 Å². The molecule has 0 spiro atoms. The van der Waals surface area contributed by atoms with Crippen LogP contribution < -0.4 is 10.6 Å². The fourth-order valence-corrected chi connectivity index (χ4v) is 2.77. The van der Waals surface area contributed by atoms with Crippen LogP contribution in [0.1, 0.15) is 18.4 Å². The molecule has 0 bridgehead atoms. The Morgan fingerprint density at radius 2 is 2.33 bits per heavy atom. The highest BCUT2D eigenvalue weighted by atomic mass is 15.3. The predicted octanol–water partition coefficient (Wildman–Crippen LogP) is 1.11. The van der Waals surface area contributed by atoms with Gasteiger partial charge < -0.3 is 15.5 Å². The summed E-state index contributed by atoms with van der Waals surface area (Å²) in [5.74, 6) is 1.15. The third kappa shape index (κ3) is 3.00. The van der Waals surface area contributed by atoms with Gasteiger partial charge >= 0.3 is 0 Å². The molecule has 1 aliphatic heterocycles. The summed E-state index contributed by atoms with van der Waals surface area (Å²) in [6.07, 6.45) is 5.32. The Morgan fingerprint density at radius 1 is 1.50 bits per heavy atom. The third-order valence-electron chi connectivity index (χ3n) is 3.51. The monoisotopic (exact) mass is 248 g/mol. The van der Waals surface area contributed by atoms with Crippen LogP contribution in [0.15, 0.2) is 18.3 Å². The first kappa shape index (κ1) is 13.3. The SMILES string of the molecule is CN(C)CC1CCCN1c1ncccc1CCN. The molecular formula is C14H24N4. The summed E-state index contributed by atoms with van der Waals surface area (Å²) >= 11 is 0. The topological polar surface area (TPSA) is 45.4 Å². The Hall–Kier alpha value is -1.13. The molecule has 1 aromatic heterocycles. The molecule has 0 amide bonds. The molecule has 1 atom stereocenters. The van der Waals surface area contributed by atoms with Crippen molar-refractivity contribution in [3.05, 3.63) is 23.9 Å². The number of hydrogen-bond donors (Lipinski definition) is 1. The molecule has 1 saturated heterocycles. The van der Waals surface area contributed by atoms with Crippen LogP contribution in [0, 0.1) is 0 Å². The molecule has 0 saturated carbocycles. The Morgan fingerprint density at radius 3 is 3.06 bits per heavy atom. The molecule has 1 unspecified atom stereocenters. The van der Waals surface area contributed by atoms with Crippen molar-refractivity contribution < 1.29 is 0 Å². The van der Waals surface area contributed by atoms with E-state index in [-0.39, 0.29) is 0 Å². The van der Waals surface area contributed by atoms with Crippen LogP contribution >= 0.6 is 0 Å². The molecule has 1 fully saturated rings. The van der Waals surface area contributed by atoms with Crippen LogP contribution in [0.25, 0.3) is 0 Å². The maximum absolute atomic E-state index is 5.69. The van der Waals surface area contributed by atoms with Gasteiger partial charge in [0, 0.05) is 25.3 Å². The lowest BCUT2D eigenvalue weighted by atomic mass is 10.1. The van der Waals surface area contributed by atoms with Crippen LogP contribution in [0.5, 0.6) is 0 Å². The van der Waals surface area contributed by atoms with Crippen molar-refractivity contribution in [2.45, 2.75) is 25.3 Å². The number of pyridine rings is 1. The van der Waals surface area contributed by atoms with Gasteiger partial charge in [-0.05, 0) is 51.5 Å². The zero-order valence-corrected chi connectivity index (χ0v) is 11.5. The van der Waals surface area contributed by atoms with E-state index in [0.717, 1.165) is 25.3 Å². The molecule has 4 heteroatoms. The van der Waals surface area contributed by atoms with Gasteiger partial charge in [0.25, 0.3) is 0 Å². The van der Waals surface area contributed by atoms with E-state index < -0.39 is 0 Å². The zero-order valence-electron chi connectivity index (χ0n) is 11.5. The standard InChI is InChI=1S/C14H24N4/c1-17(2)11-13-6-4-10-18(13)14-12(7-8-15)5-3-9-16-14/h3,5,9,13H,4,6-8,10-11,15H2,1-2H3. The molecule has 0 aliphatic carbocycles. The van der Waals surface area contributed by atoms with Crippen molar-refractivity contribution >= 4 is 5.82 Å². The smallest absolute Gasteiger partial charge is 0.132 e. The molecule has 0 aromatic carbocycles. The van der Waals surface area contributed by atoms with Gasteiger partial charge in [0.05, 0.1) is 0 Å². The molecule has 4 nitrogen and oxygen atoms in total. The van der Waals surface area contributed by atoms with Crippen LogP contribution in [0.4, 0.5) is 5.82 Å². The first-order valence-corrected chi connectivity index (χ1v) is 6.77. The van der Waals surface area contributed by atoms with Gasteiger partial charge in [0.2, 0.25) is 0 Å². The van der Waals surface area contributed by atoms with Crippen molar-refractivity contribution in [1.29, 1.82) is 0 Å². The summed E-state index contributed by atoms with van der Waals surface area (Å²) < 4.78 is 0. The van der Waals surface area contributed by atoms with Crippen LogP contribution in [-0.4, -0.2) is 49.7 Å². The Balaban J connectivity index is 2.18. The van der Waals surface area contributed by atoms with Gasteiger partial charge in [-0.1, -0.05) is 6.07 Å². The number of likely N-dealkylation sites (N-methyl/N-ethyl adjacent to an activating group) is 1. The average Bonchev–Trinajstić information content (AvgIpc) is 2.77. The third-order valence-corrected chi connectivity index (χ3v) is 3.51. The number of hydrogen-bond acceptors (Lipinski definition) is 4. The highest BCUT2D eigenvalue weighted by Crippen LogP contribution is 2.27. The van der Waals surface area contributed by atoms with Crippen molar-refractivity contribution in [2.75, 3.05) is 38.6 Å². The quantitative estimate of drug-likeness (QED) is 0.848. The van der Waals surface area contributed by atoms with Crippen molar-refractivity contribution in [1.82, 2.24) is 9.88 Å². The Bertz CT molecular complexity index is 378. The summed E-state index contributed by atoms with van der Waals surface area (Å²) in [6, 6.07) is 4.75. The summed E-state index contributed by atoms with van der Waals surface area (Å²) in [5, 5.41) is 0. The molecule has 1 aromatic rings. The van der Waals surface area contributed by atoms with Gasteiger partial charge in [-0.15, -0.1) is 0 Å². The molecular weight excluding hydrogens is 224 g/mol. The van der Waals surface area contributed by atoms with E-state index in [4.69, 9.17) is 5.73 Å². The van der Waals surface area contributed by atoms with Crippen molar-refractivity contribution in [2.24, 2.45) is 5.73 Å². The van der Waals surface area contributed by atoms with E-state index in [1.54, 1.807) is 0 Å². The zero-order chi connectivity index (χ0) is 13.0. The van der Waals surface area contributed by atoms with Crippen LogP contribution in [0.2, 0.25) is 0 Å². The fourth-order valence-electron chi connectivity index (χ4n) is 2.77. The van der Waals surface area contributed by atoms with Crippen molar-refractivity contribution in [3.63, 3.8) is 0 Å². The number of rotatable bonds is 5. The molecule has 2 rings (SSSR count). The van der Waals surface area contributed by atoms with Crippen molar-refractivity contribution in [3.8, 4) is 0 Å². The number of aromatic nitrogens is 1.